The number of hydrogen-bond donors (Lipinski definition) is 1. The lowest BCUT2D eigenvalue weighted by Gasteiger charge is -2.16. The van der Waals surface area contributed by atoms with E-state index >= 15 is 0 Å². The van der Waals surface area contributed by atoms with Crippen LogP contribution in [0.25, 0.3) is 5.57 Å². The first-order chi connectivity index (χ1) is 14.8. The van der Waals surface area contributed by atoms with Crippen LogP contribution in [0.1, 0.15) is 27.8 Å². The van der Waals surface area contributed by atoms with Crippen LogP contribution in [-0.4, -0.2) is 11.8 Å². The molecule has 2 amide bonds. The van der Waals surface area contributed by atoms with E-state index < -0.39 is 17.6 Å². The van der Waals surface area contributed by atoms with Gasteiger partial charge in [0.05, 0.1) is 11.3 Å². The van der Waals surface area contributed by atoms with Crippen LogP contribution in [0.3, 0.4) is 0 Å². The predicted molar refractivity (Wildman–Crippen MR) is 121 cm³/mol. The number of hydrogen-bond acceptors (Lipinski definition) is 3. The molecule has 3 aromatic rings. The molecule has 0 radical (unpaired) electrons. The molecule has 1 aliphatic heterocycles. The number of imide groups is 1. The average molecular weight is 414 g/mol. The zero-order valence-electron chi connectivity index (χ0n) is 17.9. The van der Waals surface area contributed by atoms with Gasteiger partial charge in [-0.1, -0.05) is 42.0 Å². The third-order valence-corrected chi connectivity index (χ3v) is 5.45. The highest BCUT2D eigenvalue weighted by Crippen LogP contribution is 2.36. The molecule has 4 nitrogen and oxygen atoms in total. The fourth-order valence-corrected chi connectivity index (χ4v) is 3.84. The van der Waals surface area contributed by atoms with Crippen molar-refractivity contribution in [1.29, 1.82) is 0 Å². The molecule has 0 aromatic heterocycles. The van der Waals surface area contributed by atoms with Crippen LogP contribution < -0.4 is 10.2 Å². The third kappa shape index (κ3) is 3.75. The molecule has 0 saturated heterocycles. The molecule has 31 heavy (non-hydrogen) atoms. The van der Waals surface area contributed by atoms with Gasteiger partial charge in [-0.3, -0.25) is 9.59 Å². The first kappa shape index (κ1) is 20.5. The van der Waals surface area contributed by atoms with E-state index in [9.17, 15) is 14.0 Å². The quantitative estimate of drug-likeness (QED) is 0.577. The van der Waals surface area contributed by atoms with Crippen LogP contribution >= 0.6 is 0 Å². The lowest BCUT2D eigenvalue weighted by Crippen LogP contribution is -2.32. The summed E-state index contributed by atoms with van der Waals surface area (Å²) < 4.78 is 13.9. The maximum Gasteiger partial charge on any atom is 0.282 e. The van der Waals surface area contributed by atoms with Crippen molar-refractivity contribution >= 4 is 28.8 Å². The molecule has 3 aromatic carbocycles. The van der Waals surface area contributed by atoms with E-state index in [4.69, 9.17) is 0 Å². The molecule has 5 heteroatoms. The maximum atomic E-state index is 13.9. The largest absolute Gasteiger partial charge is 0.350 e. The Morgan fingerprint density at radius 1 is 0.774 bits per heavy atom. The zero-order chi connectivity index (χ0) is 22.3. The van der Waals surface area contributed by atoms with Crippen molar-refractivity contribution in [3.63, 3.8) is 0 Å². The highest BCUT2D eigenvalue weighted by molar-refractivity contribution is 6.46. The first-order valence-corrected chi connectivity index (χ1v) is 10.1. The van der Waals surface area contributed by atoms with Gasteiger partial charge < -0.3 is 5.32 Å². The van der Waals surface area contributed by atoms with E-state index in [0.717, 1.165) is 32.8 Å². The highest BCUT2D eigenvalue weighted by atomic mass is 19.1. The minimum atomic E-state index is -0.512. The molecule has 0 fully saturated rings. The third-order valence-electron chi connectivity index (χ3n) is 5.45. The number of halogens is 1. The summed E-state index contributed by atoms with van der Waals surface area (Å²) in [6.07, 6.45) is 0. The highest BCUT2D eigenvalue weighted by Gasteiger charge is 2.41. The summed E-state index contributed by atoms with van der Waals surface area (Å²) in [4.78, 5) is 28.0. The second-order valence-corrected chi connectivity index (χ2v) is 7.94. The summed E-state index contributed by atoms with van der Waals surface area (Å²) >= 11 is 0. The van der Waals surface area contributed by atoms with Gasteiger partial charge in [0, 0.05) is 5.69 Å². The molecule has 156 valence electrons. The number of amides is 2. The van der Waals surface area contributed by atoms with Crippen molar-refractivity contribution in [3.05, 3.63) is 100.0 Å². The maximum absolute atomic E-state index is 13.9. The zero-order valence-corrected chi connectivity index (χ0v) is 17.9. The van der Waals surface area contributed by atoms with Crippen LogP contribution in [0, 0.1) is 33.5 Å². The number of benzene rings is 3. The molecule has 1 heterocycles. The fraction of sp³-hybridized carbons (Fsp3) is 0.154. The van der Waals surface area contributed by atoms with E-state index in [-0.39, 0.29) is 17.0 Å². The predicted octanol–water partition coefficient (Wildman–Crippen LogP) is 5.46. The molecular weight excluding hydrogens is 391 g/mol. The van der Waals surface area contributed by atoms with Crippen LogP contribution in [0.4, 0.5) is 15.8 Å². The smallest absolute Gasteiger partial charge is 0.282 e. The summed E-state index contributed by atoms with van der Waals surface area (Å²) in [7, 11) is 0. The molecule has 0 atom stereocenters. The molecule has 4 rings (SSSR count). The molecular formula is C26H23FN2O2. The van der Waals surface area contributed by atoms with Crippen molar-refractivity contribution < 1.29 is 14.0 Å². The first-order valence-electron chi connectivity index (χ1n) is 10.1. The summed E-state index contributed by atoms with van der Waals surface area (Å²) in [5, 5.41) is 3.21. The Kier molecular flexibility index (Phi) is 5.19. The molecule has 0 saturated carbocycles. The lowest BCUT2D eigenvalue weighted by molar-refractivity contribution is -0.120. The lowest BCUT2D eigenvalue weighted by atomic mass is 9.97. The van der Waals surface area contributed by atoms with Gasteiger partial charge in [-0.15, -0.1) is 0 Å². The molecule has 0 spiro atoms. The van der Waals surface area contributed by atoms with Crippen molar-refractivity contribution in [2.75, 3.05) is 10.2 Å². The van der Waals surface area contributed by atoms with E-state index in [0.29, 0.717) is 5.56 Å². The fourth-order valence-electron chi connectivity index (χ4n) is 3.84. The molecule has 0 aliphatic carbocycles. The summed E-state index contributed by atoms with van der Waals surface area (Å²) in [5.41, 5.74) is 6.03. The van der Waals surface area contributed by atoms with Crippen LogP contribution in [0.15, 0.2) is 66.4 Å². The van der Waals surface area contributed by atoms with Gasteiger partial charge in [0.25, 0.3) is 11.8 Å². The summed E-state index contributed by atoms with van der Waals surface area (Å²) in [6.45, 7) is 7.78. The van der Waals surface area contributed by atoms with Crippen molar-refractivity contribution in [1.82, 2.24) is 0 Å². The van der Waals surface area contributed by atoms with Gasteiger partial charge in [0.15, 0.2) is 0 Å². The molecule has 1 aliphatic rings. The van der Waals surface area contributed by atoms with E-state index in [1.165, 1.54) is 18.2 Å². The normalized spacial score (nSPS) is 13.9. The number of anilines is 2. The van der Waals surface area contributed by atoms with Crippen molar-refractivity contribution in [2.24, 2.45) is 0 Å². The number of rotatable bonds is 4. The molecule has 0 unspecified atom stereocenters. The Bertz CT molecular complexity index is 1260. The minimum Gasteiger partial charge on any atom is -0.350 e. The van der Waals surface area contributed by atoms with E-state index in [1.54, 1.807) is 6.07 Å². The monoisotopic (exact) mass is 414 g/mol. The van der Waals surface area contributed by atoms with Gasteiger partial charge in [0.1, 0.15) is 11.5 Å². The van der Waals surface area contributed by atoms with Crippen LogP contribution in [-0.2, 0) is 9.59 Å². The Hall–Kier alpha value is -3.73. The van der Waals surface area contributed by atoms with Gasteiger partial charge in [-0.05, 0) is 74.2 Å². The summed E-state index contributed by atoms with van der Waals surface area (Å²) in [5.74, 6) is -1.50. The number of carbonyl (C=O) groups excluding carboxylic acids is 2. The minimum absolute atomic E-state index is 0.190. The van der Waals surface area contributed by atoms with Crippen LogP contribution in [0.5, 0.6) is 0 Å². The molecule has 0 bridgehead atoms. The Balaban J connectivity index is 1.89. The van der Waals surface area contributed by atoms with Gasteiger partial charge in [0.2, 0.25) is 0 Å². The summed E-state index contributed by atoms with van der Waals surface area (Å²) in [6, 6.07) is 17.1. The number of aryl methyl sites for hydroxylation is 4. The number of carbonyl (C=O) groups is 2. The van der Waals surface area contributed by atoms with Gasteiger partial charge >= 0.3 is 0 Å². The van der Waals surface area contributed by atoms with E-state index in [2.05, 4.69) is 5.32 Å². The Labute approximate surface area is 181 Å². The number of nitrogens with one attached hydrogen (secondary N) is 1. The number of nitrogens with zero attached hydrogens (tertiary/aromatic N) is 1. The average Bonchev–Trinajstić information content (AvgIpc) is 2.95. The van der Waals surface area contributed by atoms with Gasteiger partial charge in [-0.25, -0.2) is 9.29 Å². The topological polar surface area (TPSA) is 49.4 Å². The SMILES string of the molecule is Cc1ccc(C2=C(Nc3cc(C)ccc3C)C(=O)N(c3cccc(F)c3)C2=O)c(C)c1. The molecule has 1 N–H and O–H groups in total. The van der Waals surface area contributed by atoms with E-state index in [1.807, 2.05) is 64.1 Å². The van der Waals surface area contributed by atoms with Crippen molar-refractivity contribution in [3.8, 4) is 0 Å². The van der Waals surface area contributed by atoms with Gasteiger partial charge in [-0.2, -0.15) is 0 Å². The second kappa shape index (κ2) is 7.84. The van der Waals surface area contributed by atoms with Crippen LogP contribution in [0.2, 0.25) is 0 Å². The Morgan fingerprint density at radius 2 is 1.48 bits per heavy atom. The Morgan fingerprint density at radius 3 is 2.19 bits per heavy atom. The second-order valence-electron chi connectivity index (χ2n) is 7.94. The standard InChI is InChI=1S/C26H23FN2O2/c1-15-9-11-21(18(4)12-15)23-24(28-22-13-16(2)8-10-17(22)3)26(31)29(25(23)30)20-7-5-6-19(27)14-20/h5-14,28H,1-4H3. The van der Waals surface area contributed by atoms with Crippen molar-refractivity contribution in [2.45, 2.75) is 27.7 Å².